The largest absolute Gasteiger partial charge is 0.354 e. The number of benzene rings is 1. The van der Waals surface area contributed by atoms with E-state index in [1.165, 1.54) is 11.1 Å². The number of nitrogens with zero attached hydrogens (tertiary/aromatic N) is 1. The average molecular weight is 303 g/mol. The molecule has 4 nitrogen and oxygen atoms in total. The van der Waals surface area contributed by atoms with Gasteiger partial charge in [0, 0.05) is 13.1 Å². The van der Waals surface area contributed by atoms with Gasteiger partial charge in [0.25, 0.3) is 0 Å². The minimum Gasteiger partial charge on any atom is -0.354 e. The lowest BCUT2D eigenvalue weighted by Gasteiger charge is -2.27. The molecule has 2 N–H and O–H groups in total. The van der Waals surface area contributed by atoms with Crippen LogP contribution < -0.4 is 10.6 Å². The Morgan fingerprint density at radius 2 is 2.09 bits per heavy atom. The number of carbonyl (C=O) groups is 1. The van der Waals surface area contributed by atoms with E-state index >= 15 is 0 Å². The zero-order chi connectivity index (χ0) is 15.9. The lowest BCUT2D eigenvalue weighted by Crippen LogP contribution is -2.43. The van der Waals surface area contributed by atoms with E-state index in [-0.39, 0.29) is 17.9 Å². The molecule has 2 atom stereocenters. The second-order valence-corrected chi connectivity index (χ2v) is 6.36. The van der Waals surface area contributed by atoms with Gasteiger partial charge in [-0.25, -0.2) is 0 Å². The first-order valence-corrected chi connectivity index (χ1v) is 8.35. The van der Waals surface area contributed by atoms with Crippen molar-refractivity contribution in [3.63, 3.8) is 0 Å². The molecular weight excluding hydrogens is 274 g/mol. The van der Waals surface area contributed by atoms with Crippen LogP contribution in [0.15, 0.2) is 24.3 Å². The Morgan fingerprint density at radius 1 is 1.36 bits per heavy atom. The number of hydrogen-bond acceptors (Lipinski definition) is 3. The number of hydrogen-bond donors (Lipinski definition) is 2. The number of amides is 1. The van der Waals surface area contributed by atoms with Crippen molar-refractivity contribution in [3.05, 3.63) is 35.4 Å². The van der Waals surface area contributed by atoms with Crippen LogP contribution in [0.3, 0.4) is 0 Å². The zero-order valence-corrected chi connectivity index (χ0v) is 14.1. The molecule has 1 aliphatic heterocycles. The first kappa shape index (κ1) is 17.0. The molecule has 1 heterocycles. The molecule has 22 heavy (non-hydrogen) atoms. The lowest BCUT2D eigenvalue weighted by atomic mass is 9.98. The quantitative estimate of drug-likeness (QED) is 0.844. The van der Waals surface area contributed by atoms with Crippen LogP contribution in [-0.2, 0) is 11.2 Å². The van der Waals surface area contributed by atoms with Gasteiger partial charge in [-0.05, 0) is 51.0 Å². The topological polar surface area (TPSA) is 44.4 Å². The highest BCUT2D eigenvalue weighted by atomic mass is 16.1. The Balaban J connectivity index is 1.94. The van der Waals surface area contributed by atoms with Gasteiger partial charge < -0.3 is 15.5 Å². The summed E-state index contributed by atoms with van der Waals surface area (Å²) < 4.78 is 0. The molecule has 0 bridgehead atoms. The summed E-state index contributed by atoms with van der Waals surface area (Å²) >= 11 is 0. The summed E-state index contributed by atoms with van der Waals surface area (Å²) in [5, 5.41) is 6.44. The maximum Gasteiger partial charge on any atom is 0.224 e. The van der Waals surface area contributed by atoms with Crippen LogP contribution in [-0.4, -0.2) is 44.5 Å². The van der Waals surface area contributed by atoms with Gasteiger partial charge in [-0.15, -0.1) is 0 Å². The molecule has 1 fully saturated rings. The van der Waals surface area contributed by atoms with Crippen molar-refractivity contribution < 1.29 is 4.79 Å². The molecule has 1 aromatic carbocycles. The van der Waals surface area contributed by atoms with Crippen LogP contribution in [0.4, 0.5) is 0 Å². The SMILES string of the molecule is CCc1ccc(C(CNC(=O)C2CCCNC2)N(C)C)cc1. The van der Waals surface area contributed by atoms with Gasteiger partial charge >= 0.3 is 0 Å². The Hall–Kier alpha value is -1.39. The van der Waals surface area contributed by atoms with Crippen molar-refractivity contribution in [1.82, 2.24) is 15.5 Å². The Morgan fingerprint density at radius 3 is 2.64 bits per heavy atom. The number of rotatable bonds is 6. The molecule has 4 heteroatoms. The number of nitrogens with one attached hydrogen (secondary N) is 2. The number of aryl methyl sites for hydroxylation is 1. The smallest absolute Gasteiger partial charge is 0.224 e. The van der Waals surface area contributed by atoms with E-state index < -0.39 is 0 Å². The van der Waals surface area contributed by atoms with Crippen molar-refractivity contribution in [2.24, 2.45) is 5.92 Å². The van der Waals surface area contributed by atoms with Crippen LogP contribution in [0.5, 0.6) is 0 Å². The van der Waals surface area contributed by atoms with Gasteiger partial charge in [-0.3, -0.25) is 4.79 Å². The van der Waals surface area contributed by atoms with Crippen LogP contribution in [0.25, 0.3) is 0 Å². The summed E-state index contributed by atoms with van der Waals surface area (Å²) in [6.45, 7) is 4.67. The highest BCUT2D eigenvalue weighted by Gasteiger charge is 2.22. The highest BCUT2D eigenvalue weighted by molar-refractivity contribution is 5.79. The van der Waals surface area contributed by atoms with Crippen LogP contribution in [0.2, 0.25) is 0 Å². The zero-order valence-electron chi connectivity index (χ0n) is 14.1. The van der Waals surface area contributed by atoms with Gasteiger partial charge in [0.05, 0.1) is 12.0 Å². The molecule has 1 saturated heterocycles. The summed E-state index contributed by atoms with van der Waals surface area (Å²) in [5.41, 5.74) is 2.60. The molecule has 2 rings (SSSR count). The number of likely N-dealkylation sites (N-methyl/N-ethyl adjacent to an activating group) is 1. The van der Waals surface area contributed by atoms with E-state index in [4.69, 9.17) is 0 Å². The van der Waals surface area contributed by atoms with E-state index in [0.29, 0.717) is 6.54 Å². The van der Waals surface area contributed by atoms with Gasteiger partial charge in [0.1, 0.15) is 0 Å². The van der Waals surface area contributed by atoms with Crippen molar-refractivity contribution in [1.29, 1.82) is 0 Å². The standard InChI is InChI=1S/C18H29N3O/c1-4-14-7-9-15(10-8-14)17(21(2)3)13-20-18(22)16-6-5-11-19-12-16/h7-10,16-17,19H,4-6,11-13H2,1-3H3,(H,20,22). The Labute approximate surface area is 134 Å². The average Bonchev–Trinajstić information content (AvgIpc) is 2.56. The van der Waals surface area contributed by atoms with Crippen molar-refractivity contribution in [2.75, 3.05) is 33.7 Å². The summed E-state index contributed by atoms with van der Waals surface area (Å²) in [4.78, 5) is 14.5. The van der Waals surface area contributed by atoms with E-state index in [2.05, 4.69) is 60.8 Å². The predicted molar refractivity (Wildman–Crippen MR) is 90.9 cm³/mol. The fourth-order valence-corrected chi connectivity index (χ4v) is 2.99. The molecule has 0 aromatic heterocycles. The Kier molecular flexibility index (Phi) is 6.40. The van der Waals surface area contributed by atoms with E-state index in [1.54, 1.807) is 0 Å². The normalized spacial score (nSPS) is 19.9. The molecule has 1 amide bonds. The first-order chi connectivity index (χ1) is 10.6. The molecule has 0 saturated carbocycles. The third-order valence-corrected chi connectivity index (χ3v) is 4.53. The minimum atomic E-state index is 0.124. The van der Waals surface area contributed by atoms with Gasteiger partial charge in [-0.2, -0.15) is 0 Å². The van der Waals surface area contributed by atoms with Crippen molar-refractivity contribution in [2.45, 2.75) is 32.2 Å². The first-order valence-electron chi connectivity index (χ1n) is 8.35. The summed E-state index contributed by atoms with van der Waals surface area (Å²) in [7, 11) is 4.12. The molecule has 2 unspecified atom stereocenters. The third kappa shape index (κ3) is 4.55. The maximum absolute atomic E-state index is 12.3. The molecular formula is C18H29N3O. The van der Waals surface area contributed by atoms with E-state index in [9.17, 15) is 4.79 Å². The third-order valence-electron chi connectivity index (χ3n) is 4.53. The summed E-state index contributed by atoms with van der Waals surface area (Å²) in [6, 6.07) is 8.93. The van der Waals surface area contributed by atoms with Crippen LogP contribution >= 0.6 is 0 Å². The monoisotopic (exact) mass is 303 g/mol. The van der Waals surface area contributed by atoms with Gasteiger partial charge in [0.2, 0.25) is 5.91 Å². The molecule has 0 aliphatic carbocycles. The van der Waals surface area contributed by atoms with Crippen LogP contribution in [0, 0.1) is 5.92 Å². The van der Waals surface area contributed by atoms with Gasteiger partial charge in [0.15, 0.2) is 0 Å². The van der Waals surface area contributed by atoms with E-state index in [0.717, 1.165) is 32.4 Å². The van der Waals surface area contributed by atoms with Crippen molar-refractivity contribution >= 4 is 5.91 Å². The lowest BCUT2D eigenvalue weighted by molar-refractivity contribution is -0.125. The fourth-order valence-electron chi connectivity index (χ4n) is 2.99. The molecule has 0 spiro atoms. The fraction of sp³-hybridized carbons (Fsp3) is 0.611. The van der Waals surface area contributed by atoms with Gasteiger partial charge in [-0.1, -0.05) is 31.2 Å². The summed E-state index contributed by atoms with van der Waals surface area (Å²) in [6.07, 6.45) is 3.14. The minimum absolute atomic E-state index is 0.124. The highest BCUT2D eigenvalue weighted by Crippen LogP contribution is 2.19. The number of carbonyl (C=O) groups excluding carboxylic acids is 1. The molecule has 0 radical (unpaired) electrons. The van der Waals surface area contributed by atoms with Crippen LogP contribution in [0.1, 0.15) is 36.9 Å². The van der Waals surface area contributed by atoms with Crippen molar-refractivity contribution in [3.8, 4) is 0 Å². The second kappa shape index (κ2) is 8.30. The van der Waals surface area contributed by atoms with E-state index in [1.807, 2.05) is 0 Å². The molecule has 1 aliphatic rings. The molecule has 1 aromatic rings. The second-order valence-electron chi connectivity index (χ2n) is 6.36. The molecule has 122 valence electrons. The predicted octanol–water partition coefficient (Wildman–Crippen LogP) is 1.97. The number of piperidine rings is 1. The Bertz CT molecular complexity index is 464. The summed E-state index contributed by atoms with van der Waals surface area (Å²) in [5.74, 6) is 0.309. The maximum atomic E-state index is 12.3.